The van der Waals surface area contributed by atoms with Crippen molar-refractivity contribution in [3.05, 3.63) is 23.8 Å². The summed E-state index contributed by atoms with van der Waals surface area (Å²) < 4.78 is 9.98. The molecule has 0 unspecified atom stereocenters. The van der Waals surface area contributed by atoms with Crippen LogP contribution in [0, 0.1) is 0 Å². The molecule has 0 aromatic heterocycles. The SMILES string of the molecule is CCOC(=O)c1cc(OC)ccc1NC. The van der Waals surface area contributed by atoms with Gasteiger partial charge in [-0.25, -0.2) is 4.79 Å². The quantitative estimate of drug-likeness (QED) is 0.769. The van der Waals surface area contributed by atoms with Crippen molar-refractivity contribution in [3.63, 3.8) is 0 Å². The molecule has 0 saturated carbocycles. The van der Waals surface area contributed by atoms with E-state index in [9.17, 15) is 4.79 Å². The van der Waals surface area contributed by atoms with Crippen LogP contribution in [0.15, 0.2) is 18.2 Å². The molecule has 0 bridgehead atoms. The van der Waals surface area contributed by atoms with Gasteiger partial charge >= 0.3 is 5.97 Å². The number of anilines is 1. The Morgan fingerprint density at radius 1 is 1.47 bits per heavy atom. The van der Waals surface area contributed by atoms with Crippen LogP contribution in [0.5, 0.6) is 5.75 Å². The minimum atomic E-state index is -0.347. The van der Waals surface area contributed by atoms with Crippen molar-refractivity contribution in [3.8, 4) is 5.75 Å². The molecule has 0 saturated heterocycles. The average molecular weight is 209 g/mol. The smallest absolute Gasteiger partial charge is 0.340 e. The van der Waals surface area contributed by atoms with Gasteiger partial charge in [-0.15, -0.1) is 0 Å². The first-order valence-corrected chi connectivity index (χ1v) is 4.75. The Hall–Kier alpha value is -1.71. The standard InChI is InChI=1S/C11H15NO3/c1-4-15-11(13)9-7-8(14-3)5-6-10(9)12-2/h5-7,12H,4H2,1-3H3. The molecule has 0 heterocycles. The highest BCUT2D eigenvalue weighted by atomic mass is 16.5. The molecule has 15 heavy (non-hydrogen) atoms. The summed E-state index contributed by atoms with van der Waals surface area (Å²) in [6.45, 7) is 2.14. The Bertz CT molecular complexity index is 350. The first kappa shape index (κ1) is 11.4. The van der Waals surface area contributed by atoms with E-state index >= 15 is 0 Å². The van der Waals surface area contributed by atoms with Crippen LogP contribution < -0.4 is 10.1 Å². The maximum atomic E-state index is 11.6. The van der Waals surface area contributed by atoms with Gasteiger partial charge in [-0.1, -0.05) is 0 Å². The molecule has 4 heteroatoms. The largest absolute Gasteiger partial charge is 0.497 e. The van der Waals surface area contributed by atoms with Gasteiger partial charge in [0.25, 0.3) is 0 Å². The van der Waals surface area contributed by atoms with E-state index in [1.807, 2.05) is 0 Å². The first-order chi connectivity index (χ1) is 7.22. The zero-order chi connectivity index (χ0) is 11.3. The number of hydrogen-bond acceptors (Lipinski definition) is 4. The van der Waals surface area contributed by atoms with E-state index in [0.29, 0.717) is 17.9 Å². The molecule has 0 aliphatic heterocycles. The van der Waals surface area contributed by atoms with E-state index in [1.165, 1.54) is 0 Å². The second-order valence-electron chi connectivity index (χ2n) is 2.88. The molecule has 0 aliphatic carbocycles. The van der Waals surface area contributed by atoms with Gasteiger partial charge in [0.1, 0.15) is 5.75 Å². The predicted molar refractivity (Wildman–Crippen MR) is 58.5 cm³/mol. The highest BCUT2D eigenvalue weighted by Crippen LogP contribution is 2.22. The molecule has 0 atom stereocenters. The number of ether oxygens (including phenoxy) is 2. The zero-order valence-corrected chi connectivity index (χ0v) is 9.16. The van der Waals surface area contributed by atoms with Crippen LogP contribution in [0.1, 0.15) is 17.3 Å². The highest BCUT2D eigenvalue weighted by molar-refractivity contribution is 5.96. The zero-order valence-electron chi connectivity index (χ0n) is 9.16. The fourth-order valence-corrected chi connectivity index (χ4v) is 1.25. The fraction of sp³-hybridized carbons (Fsp3) is 0.364. The van der Waals surface area contributed by atoms with Crippen LogP contribution in [-0.4, -0.2) is 26.7 Å². The van der Waals surface area contributed by atoms with Crippen molar-refractivity contribution >= 4 is 11.7 Å². The summed E-state index contributed by atoms with van der Waals surface area (Å²) in [6, 6.07) is 5.23. The van der Waals surface area contributed by atoms with E-state index in [4.69, 9.17) is 9.47 Å². The average Bonchev–Trinajstić information content (AvgIpc) is 2.28. The molecule has 82 valence electrons. The van der Waals surface area contributed by atoms with Gasteiger partial charge in [-0.2, -0.15) is 0 Å². The molecule has 0 radical (unpaired) electrons. The van der Waals surface area contributed by atoms with Crippen molar-refractivity contribution < 1.29 is 14.3 Å². The Kier molecular flexibility index (Phi) is 3.97. The van der Waals surface area contributed by atoms with E-state index < -0.39 is 0 Å². The number of benzene rings is 1. The first-order valence-electron chi connectivity index (χ1n) is 4.75. The Morgan fingerprint density at radius 2 is 2.20 bits per heavy atom. The van der Waals surface area contributed by atoms with Crippen molar-refractivity contribution in [2.75, 3.05) is 26.1 Å². The van der Waals surface area contributed by atoms with Crippen LogP contribution in [0.2, 0.25) is 0 Å². The van der Waals surface area contributed by atoms with E-state index in [0.717, 1.165) is 5.69 Å². The number of methoxy groups -OCH3 is 1. The number of esters is 1. The molecule has 0 fully saturated rings. The molecule has 1 aromatic carbocycles. The summed E-state index contributed by atoms with van der Waals surface area (Å²) in [5.41, 5.74) is 1.22. The van der Waals surface area contributed by atoms with Gasteiger partial charge in [0.2, 0.25) is 0 Å². The lowest BCUT2D eigenvalue weighted by atomic mass is 10.1. The lowest BCUT2D eigenvalue weighted by Gasteiger charge is -2.09. The van der Waals surface area contributed by atoms with Crippen molar-refractivity contribution in [1.29, 1.82) is 0 Å². The number of carbonyl (C=O) groups is 1. The minimum Gasteiger partial charge on any atom is -0.497 e. The van der Waals surface area contributed by atoms with Crippen molar-refractivity contribution in [2.45, 2.75) is 6.92 Å². The van der Waals surface area contributed by atoms with E-state index in [-0.39, 0.29) is 5.97 Å². The summed E-state index contributed by atoms with van der Waals surface area (Å²) in [5, 5.41) is 2.93. The predicted octanol–water partition coefficient (Wildman–Crippen LogP) is 1.91. The molecule has 1 N–H and O–H groups in total. The summed E-state index contributed by atoms with van der Waals surface area (Å²) in [4.78, 5) is 11.6. The maximum Gasteiger partial charge on any atom is 0.340 e. The van der Waals surface area contributed by atoms with Crippen LogP contribution in [0.4, 0.5) is 5.69 Å². The van der Waals surface area contributed by atoms with Gasteiger partial charge in [0, 0.05) is 12.7 Å². The number of nitrogens with one attached hydrogen (secondary N) is 1. The summed E-state index contributed by atoms with van der Waals surface area (Å²) in [6.07, 6.45) is 0. The minimum absolute atomic E-state index is 0.347. The van der Waals surface area contributed by atoms with E-state index in [2.05, 4.69) is 5.32 Å². The van der Waals surface area contributed by atoms with Crippen LogP contribution in [-0.2, 0) is 4.74 Å². The molecular formula is C11H15NO3. The molecule has 4 nitrogen and oxygen atoms in total. The van der Waals surface area contributed by atoms with Crippen molar-refractivity contribution in [2.24, 2.45) is 0 Å². The second-order valence-corrected chi connectivity index (χ2v) is 2.88. The molecule has 0 amide bonds. The fourth-order valence-electron chi connectivity index (χ4n) is 1.25. The normalized spacial score (nSPS) is 9.53. The van der Waals surface area contributed by atoms with Crippen LogP contribution >= 0.6 is 0 Å². The monoisotopic (exact) mass is 209 g/mol. The van der Waals surface area contributed by atoms with Crippen LogP contribution in [0.25, 0.3) is 0 Å². The molecule has 0 aliphatic rings. The van der Waals surface area contributed by atoms with Gasteiger partial charge in [-0.3, -0.25) is 0 Å². The Morgan fingerprint density at radius 3 is 2.73 bits per heavy atom. The third-order valence-corrected chi connectivity index (χ3v) is 1.99. The lowest BCUT2D eigenvalue weighted by molar-refractivity contribution is 0.0527. The Balaban J connectivity index is 3.05. The summed E-state index contributed by atoms with van der Waals surface area (Å²) in [5.74, 6) is 0.290. The molecular weight excluding hydrogens is 194 g/mol. The van der Waals surface area contributed by atoms with Gasteiger partial charge in [0.05, 0.1) is 19.3 Å². The number of carbonyl (C=O) groups excluding carboxylic acids is 1. The van der Waals surface area contributed by atoms with E-state index in [1.54, 1.807) is 39.3 Å². The van der Waals surface area contributed by atoms with Crippen LogP contribution in [0.3, 0.4) is 0 Å². The topological polar surface area (TPSA) is 47.6 Å². The number of rotatable bonds is 4. The molecule has 1 aromatic rings. The molecule has 1 rings (SSSR count). The van der Waals surface area contributed by atoms with Gasteiger partial charge < -0.3 is 14.8 Å². The molecule has 0 spiro atoms. The second kappa shape index (κ2) is 5.24. The highest BCUT2D eigenvalue weighted by Gasteiger charge is 2.12. The Labute approximate surface area is 89.2 Å². The summed E-state index contributed by atoms with van der Waals surface area (Å²) in [7, 11) is 3.31. The van der Waals surface area contributed by atoms with Gasteiger partial charge in [-0.05, 0) is 25.1 Å². The maximum absolute atomic E-state index is 11.6. The summed E-state index contributed by atoms with van der Waals surface area (Å²) >= 11 is 0. The third-order valence-electron chi connectivity index (χ3n) is 1.99. The third kappa shape index (κ3) is 2.62. The van der Waals surface area contributed by atoms with Crippen molar-refractivity contribution in [1.82, 2.24) is 0 Å². The lowest BCUT2D eigenvalue weighted by Crippen LogP contribution is -2.08. The number of hydrogen-bond donors (Lipinski definition) is 1. The van der Waals surface area contributed by atoms with Gasteiger partial charge in [0.15, 0.2) is 0 Å².